The average molecular weight is 303 g/mol. The Balaban J connectivity index is 1.93. The standard InChI is InChI=1S/C12H19BrN2S/c1-15(7-9-6-12(13)16-8-9)11-5-3-2-4-10(11)14/h6,8,10-11H,2-5,7,14H2,1H3. The number of nitrogens with two attached hydrogens (primary N) is 1. The SMILES string of the molecule is CN(Cc1csc(Br)c1)C1CCCCC1N. The minimum absolute atomic E-state index is 0.362. The summed E-state index contributed by atoms with van der Waals surface area (Å²) in [5, 5.41) is 2.22. The molecule has 1 fully saturated rings. The molecule has 2 nitrogen and oxygen atoms in total. The topological polar surface area (TPSA) is 29.3 Å². The van der Waals surface area contributed by atoms with E-state index in [2.05, 4.69) is 39.3 Å². The second-order valence-electron chi connectivity index (χ2n) is 4.69. The third-order valence-corrected chi connectivity index (χ3v) is 4.95. The van der Waals surface area contributed by atoms with Crippen molar-refractivity contribution in [2.45, 2.75) is 44.3 Å². The molecule has 1 aliphatic carbocycles. The number of halogens is 1. The largest absolute Gasteiger partial charge is 0.326 e. The van der Waals surface area contributed by atoms with Gasteiger partial charge in [-0.15, -0.1) is 11.3 Å². The van der Waals surface area contributed by atoms with Gasteiger partial charge in [0.1, 0.15) is 0 Å². The van der Waals surface area contributed by atoms with Crippen LogP contribution in [0.15, 0.2) is 15.2 Å². The van der Waals surface area contributed by atoms with Crippen LogP contribution in [0.25, 0.3) is 0 Å². The number of nitrogens with zero attached hydrogens (tertiary/aromatic N) is 1. The van der Waals surface area contributed by atoms with Crippen LogP contribution < -0.4 is 5.73 Å². The highest BCUT2D eigenvalue weighted by Crippen LogP contribution is 2.25. The zero-order chi connectivity index (χ0) is 11.5. The van der Waals surface area contributed by atoms with Crippen molar-refractivity contribution in [1.82, 2.24) is 4.90 Å². The van der Waals surface area contributed by atoms with Crippen molar-refractivity contribution in [3.8, 4) is 0 Å². The molecule has 1 saturated carbocycles. The zero-order valence-electron chi connectivity index (χ0n) is 9.66. The van der Waals surface area contributed by atoms with Gasteiger partial charge in [-0.2, -0.15) is 0 Å². The molecule has 0 aromatic carbocycles. The second-order valence-corrected chi connectivity index (χ2v) is 6.98. The van der Waals surface area contributed by atoms with E-state index in [1.54, 1.807) is 11.3 Å². The molecule has 2 unspecified atom stereocenters. The third kappa shape index (κ3) is 3.06. The maximum Gasteiger partial charge on any atom is 0.0701 e. The molecular formula is C12H19BrN2S. The van der Waals surface area contributed by atoms with E-state index in [1.807, 2.05) is 0 Å². The Morgan fingerprint density at radius 1 is 1.50 bits per heavy atom. The van der Waals surface area contributed by atoms with Gasteiger partial charge in [0.2, 0.25) is 0 Å². The lowest BCUT2D eigenvalue weighted by atomic mass is 9.90. The van der Waals surface area contributed by atoms with Gasteiger partial charge in [-0.1, -0.05) is 12.8 Å². The van der Waals surface area contributed by atoms with Crippen molar-refractivity contribution in [2.24, 2.45) is 5.73 Å². The molecule has 16 heavy (non-hydrogen) atoms. The van der Waals surface area contributed by atoms with Crippen LogP contribution in [0.1, 0.15) is 31.2 Å². The summed E-state index contributed by atoms with van der Waals surface area (Å²) in [6, 6.07) is 3.13. The van der Waals surface area contributed by atoms with Gasteiger partial charge in [0, 0.05) is 18.6 Å². The number of rotatable bonds is 3. The molecule has 1 aromatic rings. The first-order chi connectivity index (χ1) is 7.66. The van der Waals surface area contributed by atoms with Crippen molar-refractivity contribution in [1.29, 1.82) is 0 Å². The summed E-state index contributed by atoms with van der Waals surface area (Å²) in [5.74, 6) is 0. The van der Waals surface area contributed by atoms with Gasteiger partial charge in [-0.3, -0.25) is 4.90 Å². The normalized spacial score (nSPS) is 26.2. The molecule has 2 N–H and O–H groups in total. The zero-order valence-corrected chi connectivity index (χ0v) is 12.1. The molecule has 0 radical (unpaired) electrons. The smallest absolute Gasteiger partial charge is 0.0701 e. The van der Waals surface area contributed by atoms with Crippen LogP contribution >= 0.6 is 27.3 Å². The van der Waals surface area contributed by atoms with Gasteiger partial charge in [0.15, 0.2) is 0 Å². The lowest BCUT2D eigenvalue weighted by Gasteiger charge is -2.35. The van der Waals surface area contributed by atoms with E-state index >= 15 is 0 Å². The van der Waals surface area contributed by atoms with Crippen molar-refractivity contribution in [2.75, 3.05) is 7.05 Å². The molecule has 90 valence electrons. The molecular weight excluding hydrogens is 284 g/mol. The van der Waals surface area contributed by atoms with Gasteiger partial charge in [-0.05, 0) is 52.8 Å². The van der Waals surface area contributed by atoms with Crippen molar-refractivity contribution < 1.29 is 0 Å². The third-order valence-electron chi connectivity index (χ3n) is 3.40. The highest BCUT2D eigenvalue weighted by Gasteiger charge is 2.25. The molecule has 1 aromatic heterocycles. The number of hydrogen-bond acceptors (Lipinski definition) is 3. The maximum absolute atomic E-state index is 6.19. The Bertz CT molecular complexity index is 340. The Labute approximate surface area is 110 Å². The first-order valence-electron chi connectivity index (χ1n) is 5.85. The van der Waals surface area contributed by atoms with Crippen LogP contribution in [0.3, 0.4) is 0 Å². The Hall–Kier alpha value is 0.1000. The van der Waals surface area contributed by atoms with E-state index < -0.39 is 0 Å². The number of hydrogen-bond donors (Lipinski definition) is 1. The molecule has 0 spiro atoms. The lowest BCUT2D eigenvalue weighted by Crippen LogP contribution is -2.47. The van der Waals surface area contributed by atoms with Gasteiger partial charge in [0.05, 0.1) is 3.79 Å². The van der Waals surface area contributed by atoms with E-state index in [1.165, 1.54) is 35.0 Å². The maximum atomic E-state index is 6.19. The van der Waals surface area contributed by atoms with Gasteiger partial charge in [-0.25, -0.2) is 0 Å². The van der Waals surface area contributed by atoms with Crippen molar-refractivity contribution >= 4 is 27.3 Å². The predicted octanol–water partition coefficient (Wildman–Crippen LogP) is 3.21. The van der Waals surface area contributed by atoms with E-state index in [4.69, 9.17) is 5.73 Å². The molecule has 2 atom stereocenters. The summed E-state index contributed by atoms with van der Waals surface area (Å²) < 4.78 is 1.21. The van der Waals surface area contributed by atoms with Crippen LogP contribution in [0.5, 0.6) is 0 Å². The van der Waals surface area contributed by atoms with Crippen LogP contribution in [-0.4, -0.2) is 24.0 Å². The van der Waals surface area contributed by atoms with Crippen molar-refractivity contribution in [3.05, 3.63) is 20.8 Å². The van der Waals surface area contributed by atoms with Crippen molar-refractivity contribution in [3.63, 3.8) is 0 Å². The number of thiophene rings is 1. The van der Waals surface area contributed by atoms with E-state index in [0.29, 0.717) is 12.1 Å². The van der Waals surface area contributed by atoms with Gasteiger partial charge < -0.3 is 5.73 Å². The van der Waals surface area contributed by atoms with E-state index in [-0.39, 0.29) is 0 Å². The van der Waals surface area contributed by atoms with Crippen LogP contribution in [-0.2, 0) is 6.54 Å². The molecule has 1 heterocycles. The predicted molar refractivity (Wildman–Crippen MR) is 73.7 cm³/mol. The monoisotopic (exact) mass is 302 g/mol. The quantitative estimate of drug-likeness (QED) is 0.929. The molecule has 0 bridgehead atoms. The van der Waals surface area contributed by atoms with Crippen LogP contribution in [0.2, 0.25) is 0 Å². The molecule has 2 rings (SSSR count). The molecule has 0 aliphatic heterocycles. The Morgan fingerprint density at radius 3 is 2.88 bits per heavy atom. The first-order valence-corrected chi connectivity index (χ1v) is 7.53. The Morgan fingerprint density at radius 2 is 2.25 bits per heavy atom. The Kier molecular flexibility index (Phi) is 4.41. The fourth-order valence-electron chi connectivity index (χ4n) is 2.52. The summed E-state index contributed by atoms with van der Waals surface area (Å²) in [7, 11) is 2.20. The summed E-state index contributed by atoms with van der Waals surface area (Å²) in [4.78, 5) is 2.42. The molecule has 0 amide bonds. The number of likely N-dealkylation sites (N-methyl/N-ethyl adjacent to an activating group) is 1. The summed E-state index contributed by atoms with van der Waals surface area (Å²) in [5.41, 5.74) is 7.58. The fourth-order valence-corrected chi connectivity index (χ4v) is 3.72. The summed E-state index contributed by atoms with van der Waals surface area (Å²) >= 11 is 5.26. The van der Waals surface area contributed by atoms with Gasteiger partial charge >= 0.3 is 0 Å². The average Bonchev–Trinajstić information content (AvgIpc) is 2.64. The fraction of sp³-hybridized carbons (Fsp3) is 0.667. The second kappa shape index (κ2) is 5.63. The van der Waals surface area contributed by atoms with Crippen LogP contribution in [0, 0.1) is 0 Å². The van der Waals surface area contributed by atoms with E-state index in [0.717, 1.165) is 6.54 Å². The van der Waals surface area contributed by atoms with Crippen LogP contribution in [0.4, 0.5) is 0 Å². The summed E-state index contributed by atoms with van der Waals surface area (Å²) in [6.07, 6.45) is 5.07. The lowest BCUT2D eigenvalue weighted by molar-refractivity contribution is 0.162. The highest BCUT2D eigenvalue weighted by atomic mass is 79.9. The minimum Gasteiger partial charge on any atom is -0.326 e. The van der Waals surface area contributed by atoms with Gasteiger partial charge in [0.25, 0.3) is 0 Å². The highest BCUT2D eigenvalue weighted by molar-refractivity contribution is 9.11. The molecule has 4 heteroatoms. The summed E-state index contributed by atoms with van der Waals surface area (Å²) in [6.45, 7) is 1.01. The first kappa shape index (κ1) is 12.6. The minimum atomic E-state index is 0.362. The molecule has 1 aliphatic rings. The molecule has 0 saturated heterocycles. The van der Waals surface area contributed by atoms with E-state index in [9.17, 15) is 0 Å².